The molecule has 1 aliphatic heterocycles. The van der Waals surface area contributed by atoms with Crippen LogP contribution in [-0.2, 0) is 4.79 Å². The van der Waals surface area contributed by atoms with Crippen LogP contribution in [0.25, 0.3) is 0 Å². The van der Waals surface area contributed by atoms with E-state index in [1.807, 2.05) is 4.90 Å². The highest BCUT2D eigenvalue weighted by Crippen LogP contribution is 2.34. The third-order valence-electron chi connectivity index (χ3n) is 4.51. The zero-order chi connectivity index (χ0) is 17.1. The molecule has 126 valence electrons. The zero-order valence-electron chi connectivity index (χ0n) is 13.2. The van der Waals surface area contributed by atoms with Crippen LogP contribution >= 0.6 is 0 Å². The first-order valence-electron chi connectivity index (χ1n) is 8.06. The number of likely N-dealkylation sites (tertiary alicyclic amines) is 1. The Morgan fingerprint density at radius 1 is 1.04 bits per heavy atom. The quantitative estimate of drug-likeness (QED) is 0.921. The van der Waals surface area contributed by atoms with Crippen molar-refractivity contribution in [3.8, 4) is 0 Å². The van der Waals surface area contributed by atoms with Gasteiger partial charge in [-0.2, -0.15) is 0 Å². The van der Waals surface area contributed by atoms with E-state index in [0.717, 1.165) is 18.4 Å². The minimum atomic E-state index is -0.877. The number of carboxylic acid groups (broad SMARTS) is 1. The summed E-state index contributed by atoms with van der Waals surface area (Å²) >= 11 is 0. The molecule has 1 heterocycles. The number of benzene rings is 2. The van der Waals surface area contributed by atoms with Gasteiger partial charge in [0.25, 0.3) is 0 Å². The summed E-state index contributed by atoms with van der Waals surface area (Å²) < 4.78 is 27.0. The first-order valence-corrected chi connectivity index (χ1v) is 8.06. The topological polar surface area (TPSA) is 40.5 Å². The van der Waals surface area contributed by atoms with Crippen LogP contribution in [0.2, 0.25) is 0 Å². The molecule has 2 aromatic carbocycles. The fourth-order valence-corrected chi connectivity index (χ4v) is 3.43. The molecule has 1 N–H and O–H groups in total. The minimum absolute atomic E-state index is 0.356. The number of hydrogen-bond donors (Lipinski definition) is 1. The molecule has 0 aromatic heterocycles. The van der Waals surface area contributed by atoms with Gasteiger partial charge in [-0.1, -0.05) is 30.7 Å². The van der Waals surface area contributed by atoms with Crippen molar-refractivity contribution in [3.63, 3.8) is 0 Å². The monoisotopic (exact) mass is 331 g/mol. The number of hydrogen-bond acceptors (Lipinski definition) is 2. The lowest BCUT2D eigenvalue weighted by Gasteiger charge is -2.39. The van der Waals surface area contributed by atoms with E-state index in [0.29, 0.717) is 18.5 Å². The van der Waals surface area contributed by atoms with E-state index >= 15 is 0 Å². The van der Waals surface area contributed by atoms with Crippen molar-refractivity contribution in [1.29, 1.82) is 0 Å². The minimum Gasteiger partial charge on any atom is -0.480 e. The third-order valence-corrected chi connectivity index (χ3v) is 4.51. The highest BCUT2D eigenvalue weighted by molar-refractivity contribution is 5.73. The number of carbonyl (C=O) groups is 1. The van der Waals surface area contributed by atoms with Gasteiger partial charge in [0.1, 0.15) is 17.7 Å². The fourth-order valence-electron chi connectivity index (χ4n) is 3.43. The number of nitrogens with zero attached hydrogens (tertiary/aromatic N) is 1. The number of halogens is 2. The van der Waals surface area contributed by atoms with E-state index in [4.69, 9.17) is 0 Å². The highest BCUT2D eigenvalue weighted by Gasteiger charge is 2.35. The molecule has 1 aliphatic rings. The van der Waals surface area contributed by atoms with E-state index < -0.39 is 18.1 Å². The summed E-state index contributed by atoms with van der Waals surface area (Å²) in [6.07, 6.45) is 2.30. The third kappa shape index (κ3) is 3.46. The van der Waals surface area contributed by atoms with Gasteiger partial charge in [0.2, 0.25) is 0 Å². The Balaban J connectivity index is 2.07. The van der Waals surface area contributed by atoms with Crippen molar-refractivity contribution < 1.29 is 18.7 Å². The van der Waals surface area contributed by atoms with Crippen molar-refractivity contribution in [2.45, 2.75) is 31.3 Å². The summed E-state index contributed by atoms with van der Waals surface area (Å²) in [4.78, 5) is 13.6. The van der Waals surface area contributed by atoms with E-state index in [1.165, 1.54) is 24.3 Å². The lowest BCUT2D eigenvalue weighted by atomic mass is 9.91. The van der Waals surface area contributed by atoms with Crippen LogP contribution in [0.3, 0.4) is 0 Å². The van der Waals surface area contributed by atoms with Crippen LogP contribution in [0.1, 0.15) is 36.4 Å². The smallest absolute Gasteiger partial charge is 0.320 e. The summed E-state index contributed by atoms with van der Waals surface area (Å²) in [7, 11) is 0. The molecule has 0 saturated carbocycles. The maximum absolute atomic E-state index is 13.7. The standard InChI is InChI=1S/C19H19F2NO2/c20-15-9-7-13(8-10-15)18(14-4-3-5-16(21)12-14)22-11-2-1-6-17(22)19(23)24/h3-5,7-10,12,17-18H,1-2,6,11H2,(H,23,24). The van der Waals surface area contributed by atoms with Crippen molar-refractivity contribution in [2.24, 2.45) is 0 Å². The van der Waals surface area contributed by atoms with Gasteiger partial charge < -0.3 is 5.11 Å². The van der Waals surface area contributed by atoms with E-state index in [9.17, 15) is 18.7 Å². The molecule has 2 unspecified atom stereocenters. The Morgan fingerprint density at radius 2 is 1.79 bits per heavy atom. The van der Waals surface area contributed by atoms with Gasteiger partial charge >= 0.3 is 5.97 Å². The Labute approximate surface area is 139 Å². The zero-order valence-corrected chi connectivity index (χ0v) is 13.2. The van der Waals surface area contributed by atoms with Gasteiger partial charge in [0.15, 0.2) is 0 Å². The molecular weight excluding hydrogens is 312 g/mol. The maximum atomic E-state index is 13.7. The largest absolute Gasteiger partial charge is 0.480 e. The fraction of sp³-hybridized carbons (Fsp3) is 0.316. The molecule has 0 bridgehead atoms. The van der Waals surface area contributed by atoms with Crippen LogP contribution in [0, 0.1) is 11.6 Å². The second-order valence-corrected chi connectivity index (χ2v) is 6.10. The number of carboxylic acids is 1. The van der Waals surface area contributed by atoms with Crippen LogP contribution in [0.5, 0.6) is 0 Å². The van der Waals surface area contributed by atoms with Crippen molar-refractivity contribution in [2.75, 3.05) is 6.54 Å². The summed E-state index contributed by atoms with van der Waals surface area (Å²) in [5, 5.41) is 9.57. The lowest BCUT2D eigenvalue weighted by Crippen LogP contribution is -2.46. The van der Waals surface area contributed by atoms with Crippen LogP contribution in [0.4, 0.5) is 8.78 Å². The van der Waals surface area contributed by atoms with Crippen molar-refractivity contribution >= 4 is 5.97 Å². The lowest BCUT2D eigenvalue weighted by molar-refractivity contribution is -0.145. The summed E-state index contributed by atoms with van der Waals surface area (Å²) in [5.74, 6) is -1.60. The Hall–Kier alpha value is -2.27. The van der Waals surface area contributed by atoms with Crippen LogP contribution in [0.15, 0.2) is 48.5 Å². The first-order chi connectivity index (χ1) is 11.6. The van der Waals surface area contributed by atoms with Gasteiger partial charge in [0.05, 0.1) is 6.04 Å². The van der Waals surface area contributed by atoms with Gasteiger partial charge in [-0.15, -0.1) is 0 Å². The van der Waals surface area contributed by atoms with Gasteiger partial charge in [0, 0.05) is 0 Å². The van der Waals surface area contributed by atoms with E-state index in [1.54, 1.807) is 24.3 Å². The summed E-state index contributed by atoms with van der Waals surface area (Å²) in [6, 6.07) is 11.1. The SMILES string of the molecule is O=C(O)C1CCCCN1C(c1ccc(F)cc1)c1cccc(F)c1. The second-order valence-electron chi connectivity index (χ2n) is 6.10. The summed E-state index contributed by atoms with van der Waals surface area (Å²) in [5.41, 5.74) is 1.44. The predicted octanol–water partition coefficient (Wildman–Crippen LogP) is 3.99. The van der Waals surface area contributed by atoms with Gasteiger partial charge in [-0.05, 0) is 54.8 Å². The number of piperidine rings is 1. The average Bonchev–Trinajstić information content (AvgIpc) is 2.57. The molecule has 2 aromatic rings. The van der Waals surface area contributed by atoms with Crippen LogP contribution < -0.4 is 0 Å². The molecule has 5 heteroatoms. The number of rotatable bonds is 4. The molecule has 1 fully saturated rings. The average molecular weight is 331 g/mol. The number of aliphatic carboxylic acids is 1. The molecule has 0 aliphatic carbocycles. The Bertz CT molecular complexity index is 718. The van der Waals surface area contributed by atoms with Gasteiger partial charge in [-0.25, -0.2) is 8.78 Å². The first kappa shape index (κ1) is 16.6. The Morgan fingerprint density at radius 3 is 2.46 bits per heavy atom. The van der Waals surface area contributed by atoms with E-state index in [-0.39, 0.29) is 11.6 Å². The molecular formula is C19H19F2NO2. The molecule has 0 radical (unpaired) electrons. The molecule has 2 atom stereocenters. The van der Waals surface area contributed by atoms with Crippen LogP contribution in [-0.4, -0.2) is 28.6 Å². The normalized spacial score (nSPS) is 19.8. The predicted molar refractivity (Wildman–Crippen MR) is 86.6 cm³/mol. The second kappa shape index (κ2) is 7.09. The summed E-state index contributed by atoms with van der Waals surface area (Å²) in [6.45, 7) is 0.607. The molecule has 0 amide bonds. The molecule has 1 saturated heterocycles. The molecule has 24 heavy (non-hydrogen) atoms. The molecule has 3 rings (SSSR count). The van der Waals surface area contributed by atoms with E-state index in [2.05, 4.69) is 0 Å². The maximum Gasteiger partial charge on any atom is 0.320 e. The molecule has 3 nitrogen and oxygen atoms in total. The van der Waals surface area contributed by atoms with Gasteiger partial charge in [-0.3, -0.25) is 9.69 Å². The van der Waals surface area contributed by atoms with Crippen molar-refractivity contribution in [1.82, 2.24) is 4.90 Å². The molecule has 0 spiro atoms. The Kier molecular flexibility index (Phi) is 4.90. The van der Waals surface area contributed by atoms with Crippen molar-refractivity contribution in [3.05, 3.63) is 71.3 Å². The highest BCUT2D eigenvalue weighted by atomic mass is 19.1.